The van der Waals surface area contributed by atoms with Crippen LogP contribution >= 0.6 is 11.8 Å². The molecule has 4 aromatic rings. The van der Waals surface area contributed by atoms with Crippen molar-refractivity contribution in [3.63, 3.8) is 0 Å². The van der Waals surface area contributed by atoms with E-state index in [1.807, 2.05) is 54.6 Å². The molecule has 1 aliphatic heterocycles. The van der Waals surface area contributed by atoms with E-state index in [1.54, 1.807) is 10.8 Å². The molecule has 5 N–H and O–H groups in total. The third-order valence-electron chi connectivity index (χ3n) is 6.22. The van der Waals surface area contributed by atoms with Crippen LogP contribution < -0.4 is 16.4 Å². The summed E-state index contributed by atoms with van der Waals surface area (Å²) in [4.78, 5) is 22.3. The van der Waals surface area contributed by atoms with Crippen molar-refractivity contribution >= 4 is 40.2 Å². The number of hydrogen-bond acceptors (Lipinski definition) is 8. The highest BCUT2D eigenvalue weighted by atomic mass is 32.2. The number of benzene rings is 2. The zero-order valence-electron chi connectivity index (χ0n) is 18.6. The van der Waals surface area contributed by atoms with Crippen LogP contribution in [0.5, 0.6) is 0 Å². The first-order chi connectivity index (χ1) is 17.1. The fraction of sp³-hybridized carbons (Fsp3) is 0.200. The molecule has 9 nitrogen and oxygen atoms in total. The number of nitrogens with zero attached hydrogens (tertiary/aromatic N) is 4. The minimum absolute atomic E-state index is 0.0586. The van der Waals surface area contributed by atoms with Crippen molar-refractivity contribution in [2.45, 2.75) is 35.4 Å². The summed E-state index contributed by atoms with van der Waals surface area (Å²) in [5.74, 6) is 0.300. The van der Waals surface area contributed by atoms with E-state index in [4.69, 9.17) is 10.8 Å². The number of nitrogen functional groups attached to an aromatic ring is 1. The van der Waals surface area contributed by atoms with Crippen molar-refractivity contribution in [2.24, 2.45) is 0 Å². The minimum Gasteiger partial charge on any atom is -0.389 e. The molecule has 3 atom stereocenters. The highest BCUT2D eigenvalue weighted by molar-refractivity contribution is 8.01. The summed E-state index contributed by atoms with van der Waals surface area (Å²) in [6.07, 6.45) is 5.17. The molecule has 0 spiro atoms. The number of thioether (sulfide) groups is 1. The lowest BCUT2D eigenvalue weighted by Crippen LogP contribution is -2.35. The smallest absolute Gasteiger partial charge is 0.253 e. The van der Waals surface area contributed by atoms with Gasteiger partial charge in [-0.1, -0.05) is 60.3 Å². The zero-order chi connectivity index (χ0) is 23.9. The number of hydrogen-bond donors (Lipinski definition) is 4. The van der Waals surface area contributed by atoms with Crippen LogP contribution in [0.4, 0.5) is 11.5 Å². The summed E-state index contributed by atoms with van der Waals surface area (Å²) in [6.45, 7) is 0.416. The summed E-state index contributed by atoms with van der Waals surface area (Å²) < 4.78 is 1.80. The molecular formula is C25H23N7O2S. The molecule has 35 heavy (non-hydrogen) atoms. The summed E-state index contributed by atoms with van der Waals surface area (Å²) >= 11 is 1.52. The second-order valence-corrected chi connectivity index (χ2v) is 9.71. The van der Waals surface area contributed by atoms with Crippen molar-refractivity contribution in [2.75, 3.05) is 11.1 Å². The topological polar surface area (TPSA) is 131 Å². The molecule has 2 aromatic carbocycles. The Morgan fingerprint density at radius 1 is 1.17 bits per heavy atom. The first-order valence-corrected chi connectivity index (χ1v) is 12.2. The number of anilines is 2. The summed E-state index contributed by atoms with van der Waals surface area (Å²) in [6, 6.07) is 15.6. The van der Waals surface area contributed by atoms with E-state index in [0.717, 1.165) is 21.7 Å². The molecular weight excluding hydrogens is 462 g/mol. The van der Waals surface area contributed by atoms with Crippen molar-refractivity contribution in [3.8, 4) is 11.3 Å². The Labute approximate surface area is 205 Å². The number of aliphatic hydroxyl groups excluding tert-OH is 1. The van der Waals surface area contributed by atoms with Gasteiger partial charge in [-0.05, 0) is 17.7 Å². The normalized spacial score (nSPS) is 20.7. The molecule has 0 fully saturated rings. The molecule has 1 amide bonds. The Hall–Kier alpha value is -3.89. The molecule has 6 rings (SSSR count). The van der Waals surface area contributed by atoms with Gasteiger partial charge in [-0.2, -0.15) is 5.10 Å². The van der Waals surface area contributed by atoms with Gasteiger partial charge in [-0.15, -0.1) is 0 Å². The second kappa shape index (κ2) is 8.71. The lowest BCUT2D eigenvalue weighted by atomic mass is 10.1. The predicted octanol–water partition coefficient (Wildman–Crippen LogP) is 3.10. The Kier molecular flexibility index (Phi) is 5.39. The SMILES string of the molecule is Nc1ncnc2c1c(-c1ccc(CNC(=O)C3Nc4ccccc4S3)cc1)nn2C1C=CC(O)C1. The van der Waals surface area contributed by atoms with Gasteiger partial charge < -0.3 is 21.5 Å². The largest absolute Gasteiger partial charge is 0.389 e. The average molecular weight is 486 g/mol. The van der Waals surface area contributed by atoms with Gasteiger partial charge in [0.2, 0.25) is 0 Å². The minimum atomic E-state index is -0.497. The fourth-order valence-electron chi connectivity index (χ4n) is 4.44. The average Bonchev–Trinajstić information content (AvgIpc) is 3.59. The van der Waals surface area contributed by atoms with E-state index in [-0.39, 0.29) is 17.3 Å². The molecule has 2 aliphatic rings. The van der Waals surface area contributed by atoms with Crippen LogP contribution in [0.25, 0.3) is 22.3 Å². The number of nitrogens with two attached hydrogens (primary N) is 1. The van der Waals surface area contributed by atoms with Gasteiger partial charge in [-0.3, -0.25) is 4.79 Å². The van der Waals surface area contributed by atoms with Gasteiger partial charge in [0.05, 0.1) is 17.5 Å². The number of nitrogens with one attached hydrogen (secondary N) is 2. The molecule has 10 heteroatoms. The van der Waals surface area contributed by atoms with Crippen molar-refractivity contribution in [1.82, 2.24) is 25.1 Å². The van der Waals surface area contributed by atoms with Gasteiger partial charge in [0.1, 0.15) is 17.8 Å². The van der Waals surface area contributed by atoms with Crippen LogP contribution in [0.3, 0.4) is 0 Å². The van der Waals surface area contributed by atoms with Gasteiger partial charge >= 0.3 is 0 Å². The Bertz CT molecular complexity index is 1430. The monoisotopic (exact) mass is 485 g/mol. The molecule has 176 valence electrons. The van der Waals surface area contributed by atoms with Gasteiger partial charge in [0.25, 0.3) is 5.91 Å². The maximum Gasteiger partial charge on any atom is 0.253 e. The molecule has 3 unspecified atom stereocenters. The van der Waals surface area contributed by atoms with Crippen molar-refractivity contribution in [3.05, 3.63) is 72.6 Å². The number of fused-ring (bicyclic) bond motifs is 2. The third-order valence-corrected chi connectivity index (χ3v) is 7.40. The zero-order valence-corrected chi connectivity index (χ0v) is 19.4. The number of rotatable bonds is 5. The van der Waals surface area contributed by atoms with E-state index in [0.29, 0.717) is 35.5 Å². The van der Waals surface area contributed by atoms with Crippen LogP contribution in [-0.2, 0) is 11.3 Å². The van der Waals surface area contributed by atoms with E-state index < -0.39 is 6.10 Å². The van der Waals surface area contributed by atoms with Gasteiger partial charge in [0, 0.05) is 29.1 Å². The van der Waals surface area contributed by atoms with Crippen LogP contribution in [-0.4, -0.2) is 42.2 Å². The van der Waals surface area contributed by atoms with Crippen molar-refractivity contribution in [1.29, 1.82) is 0 Å². The number of allylic oxidation sites excluding steroid dienone is 1. The first kappa shape index (κ1) is 21.6. The summed E-state index contributed by atoms with van der Waals surface area (Å²) in [5.41, 5.74) is 10.4. The summed E-state index contributed by atoms with van der Waals surface area (Å²) in [5, 5.41) is 21.3. The molecule has 2 aromatic heterocycles. The van der Waals surface area contributed by atoms with Crippen LogP contribution in [0.1, 0.15) is 18.0 Å². The van der Waals surface area contributed by atoms with Gasteiger partial charge in [0.15, 0.2) is 11.0 Å². The maximum atomic E-state index is 12.7. The summed E-state index contributed by atoms with van der Waals surface area (Å²) in [7, 11) is 0. The Morgan fingerprint density at radius 3 is 2.77 bits per heavy atom. The third kappa shape index (κ3) is 4.00. The lowest BCUT2D eigenvalue weighted by Gasteiger charge is -2.11. The van der Waals surface area contributed by atoms with E-state index in [1.165, 1.54) is 18.1 Å². The first-order valence-electron chi connectivity index (χ1n) is 11.3. The highest BCUT2D eigenvalue weighted by Crippen LogP contribution is 2.38. The molecule has 3 heterocycles. The quantitative estimate of drug-likeness (QED) is 0.317. The molecule has 0 saturated carbocycles. The standard InChI is InChI=1S/C25H23N7O2S/c26-22-20-21(31-32(23(20)29-13-28-22)16-9-10-17(33)11-16)15-7-5-14(6-8-15)12-27-24(34)25-30-18-3-1-2-4-19(18)35-25/h1-10,13,16-17,25,30,33H,11-12H2,(H,27,34)(H2,26,28,29). The number of para-hydroxylation sites is 1. The number of carbonyl (C=O) groups excluding carboxylic acids is 1. The highest BCUT2D eigenvalue weighted by Gasteiger charge is 2.27. The van der Waals surface area contributed by atoms with Crippen LogP contribution in [0, 0.1) is 0 Å². The van der Waals surface area contributed by atoms with E-state index in [9.17, 15) is 9.90 Å². The van der Waals surface area contributed by atoms with E-state index >= 15 is 0 Å². The predicted molar refractivity (Wildman–Crippen MR) is 136 cm³/mol. The molecule has 1 aliphatic carbocycles. The molecule has 0 radical (unpaired) electrons. The van der Waals surface area contributed by atoms with E-state index in [2.05, 4.69) is 20.6 Å². The number of amides is 1. The maximum absolute atomic E-state index is 12.7. The van der Waals surface area contributed by atoms with Gasteiger partial charge in [-0.25, -0.2) is 14.6 Å². The number of aliphatic hydroxyl groups is 1. The fourth-order valence-corrected chi connectivity index (χ4v) is 5.48. The number of carbonyl (C=O) groups is 1. The molecule has 0 bridgehead atoms. The molecule has 0 saturated heterocycles. The Morgan fingerprint density at radius 2 is 2.00 bits per heavy atom. The Balaban J connectivity index is 1.19. The second-order valence-electron chi connectivity index (χ2n) is 8.56. The number of aromatic nitrogens is 4. The lowest BCUT2D eigenvalue weighted by molar-refractivity contribution is -0.120. The van der Waals surface area contributed by atoms with Crippen LogP contribution in [0.2, 0.25) is 0 Å². The van der Waals surface area contributed by atoms with Crippen LogP contribution in [0.15, 0.2) is 71.9 Å². The van der Waals surface area contributed by atoms with Crippen molar-refractivity contribution < 1.29 is 9.90 Å².